The second-order valence-corrected chi connectivity index (χ2v) is 9.72. The van der Waals surface area contributed by atoms with Crippen LogP contribution in [0.4, 0.5) is 10.1 Å². The number of phosphoric ester groups is 1. The number of nitriles is 1. The van der Waals surface area contributed by atoms with Gasteiger partial charge < -0.3 is 20.4 Å². The Bertz CT molecular complexity index is 1330. The molecule has 0 saturated heterocycles. The van der Waals surface area contributed by atoms with Crippen LogP contribution in [0.15, 0.2) is 30.7 Å². The molecule has 3 aromatic heterocycles. The average molecular weight is 505 g/mol. The summed E-state index contributed by atoms with van der Waals surface area (Å²) in [6.07, 6.45) is 2.36. The predicted molar refractivity (Wildman–Crippen MR) is 125 cm³/mol. The summed E-state index contributed by atoms with van der Waals surface area (Å²) in [4.78, 5) is 39.3. The fourth-order valence-electron chi connectivity index (χ4n) is 3.21. The van der Waals surface area contributed by atoms with E-state index in [1.54, 1.807) is 18.3 Å². The fourth-order valence-corrected chi connectivity index (χ4v) is 3.94. The molecule has 0 fully saturated rings. The molecule has 3 aromatic rings. The number of aromatic nitrogens is 4. The molecular formula is C21H25FN7O5P. The third-order valence-electron chi connectivity index (χ3n) is 4.88. The molecule has 14 heteroatoms. The van der Waals surface area contributed by atoms with E-state index in [0.29, 0.717) is 28.1 Å². The van der Waals surface area contributed by atoms with Crippen molar-refractivity contribution in [3.63, 3.8) is 0 Å². The van der Waals surface area contributed by atoms with E-state index in [1.165, 1.54) is 30.9 Å². The average Bonchev–Trinajstić information content (AvgIpc) is 3.18. The highest BCUT2D eigenvalue weighted by Crippen LogP contribution is 2.42. The second-order valence-electron chi connectivity index (χ2n) is 8.56. The standard InChI is InChI=1S/C21H25FN7O5P/c1-12(2)28-16-6-18(29-19-14(9-27-29)5-13(7-23)8-25-19)24-10-15(16)20(30)26-11-17(22)21(3,4)34-35(31,32)33/h5-6,8-10,12,17H,11H2,1-4H3,(H,24,28)(H,26,30)(H2,31,32,33)/t17-/m0/s1. The third kappa shape index (κ3) is 6.37. The number of halogens is 1. The SMILES string of the molecule is CC(C)Nc1cc(-n2ncc3cc(C#N)cnc32)ncc1C(=O)NC[C@H](F)C(C)(C)OP(=O)(O)O. The number of carbonyl (C=O) groups is 1. The summed E-state index contributed by atoms with van der Waals surface area (Å²) in [5.41, 5.74) is -0.454. The first kappa shape index (κ1) is 26.2. The number of hydrogen-bond donors (Lipinski definition) is 4. The number of carbonyl (C=O) groups excluding carboxylic acids is 1. The van der Waals surface area contributed by atoms with Crippen LogP contribution < -0.4 is 10.6 Å². The maximum Gasteiger partial charge on any atom is 0.470 e. The first-order valence-electron chi connectivity index (χ1n) is 10.5. The van der Waals surface area contributed by atoms with E-state index < -0.39 is 32.0 Å². The molecule has 0 radical (unpaired) electrons. The Kier molecular flexibility index (Phi) is 7.52. The van der Waals surface area contributed by atoms with Crippen molar-refractivity contribution in [2.45, 2.75) is 45.5 Å². The molecule has 0 unspecified atom stereocenters. The number of nitrogens with one attached hydrogen (secondary N) is 2. The summed E-state index contributed by atoms with van der Waals surface area (Å²) in [5.74, 6) is -0.291. The lowest BCUT2D eigenvalue weighted by atomic mass is 10.0. The van der Waals surface area contributed by atoms with Gasteiger partial charge in [-0.1, -0.05) is 0 Å². The lowest BCUT2D eigenvalue weighted by molar-refractivity contribution is -0.00230. The lowest BCUT2D eigenvalue weighted by Gasteiger charge is -2.29. The second kappa shape index (κ2) is 10.1. The quantitative estimate of drug-likeness (QED) is 0.316. The third-order valence-corrected chi connectivity index (χ3v) is 5.59. The molecule has 12 nitrogen and oxygen atoms in total. The fraction of sp³-hybridized carbons (Fsp3) is 0.381. The molecule has 0 aromatic carbocycles. The molecular weight excluding hydrogens is 480 g/mol. The zero-order valence-corrected chi connectivity index (χ0v) is 20.3. The molecule has 3 rings (SSSR count). The van der Waals surface area contributed by atoms with E-state index in [0.717, 1.165) is 0 Å². The normalized spacial score (nSPS) is 13.0. The predicted octanol–water partition coefficient (Wildman–Crippen LogP) is 2.46. The van der Waals surface area contributed by atoms with Crippen LogP contribution in [0.3, 0.4) is 0 Å². The van der Waals surface area contributed by atoms with Crippen LogP contribution in [0.2, 0.25) is 0 Å². The molecule has 0 saturated carbocycles. The first-order valence-corrected chi connectivity index (χ1v) is 12.0. The van der Waals surface area contributed by atoms with Crippen LogP contribution in [0.25, 0.3) is 16.9 Å². The van der Waals surface area contributed by atoms with Gasteiger partial charge >= 0.3 is 7.82 Å². The molecule has 1 atom stereocenters. The smallest absolute Gasteiger partial charge is 0.382 e. The number of fused-ring (bicyclic) bond motifs is 1. The largest absolute Gasteiger partial charge is 0.470 e. The van der Waals surface area contributed by atoms with Gasteiger partial charge in [-0.2, -0.15) is 15.0 Å². The van der Waals surface area contributed by atoms with Crippen LogP contribution in [0.1, 0.15) is 43.6 Å². The molecule has 0 aliphatic rings. The minimum absolute atomic E-state index is 0.0630. The number of phosphoric acid groups is 1. The number of alkyl halides is 1. The van der Waals surface area contributed by atoms with Crippen molar-refractivity contribution in [3.05, 3.63) is 41.9 Å². The molecule has 0 aliphatic carbocycles. The van der Waals surface area contributed by atoms with Crippen molar-refractivity contribution in [3.8, 4) is 11.9 Å². The summed E-state index contributed by atoms with van der Waals surface area (Å²) in [6.45, 7) is 5.54. The highest BCUT2D eigenvalue weighted by molar-refractivity contribution is 7.46. The Morgan fingerprint density at radius 3 is 2.63 bits per heavy atom. The van der Waals surface area contributed by atoms with Crippen LogP contribution in [-0.4, -0.2) is 59.8 Å². The summed E-state index contributed by atoms with van der Waals surface area (Å²) >= 11 is 0. The maximum atomic E-state index is 14.6. The monoisotopic (exact) mass is 505 g/mol. The van der Waals surface area contributed by atoms with Gasteiger partial charge in [-0.15, -0.1) is 0 Å². The Hall–Kier alpha value is -3.43. The molecule has 0 spiro atoms. The Morgan fingerprint density at radius 1 is 1.29 bits per heavy atom. The number of anilines is 1. The summed E-state index contributed by atoms with van der Waals surface area (Å²) in [6, 6.07) is 5.19. The molecule has 35 heavy (non-hydrogen) atoms. The Balaban J connectivity index is 1.86. The number of pyridine rings is 2. The van der Waals surface area contributed by atoms with Crippen LogP contribution in [0, 0.1) is 11.3 Å². The number of hydrogen-bond acceptors (Lipinski definition) is 8. The lowest BCUT2D eigenvalue weighted by Crippen LogP contribution is -2.43. The van der Waals surface area contributed by atoms with Crippen LogP contribution >= 0.6 is 7.82 Å². The number of amides is 1. The molecule has 0 bridgehead atoms. The molecule has 0 aliphatic heterocycles. The summed E-state index contributed by atoms with van der Waals surface area (Å²) < 4.78 is 31.6. The van der Waals surface area contributed by atoms with Crippen molar-refractivity contribution >= 4 is 30.5 Å². The molecule has 3 heterocycles. The van der Waals surface area contributed by atoms with Gasteiger partial charge in [-0.3, -0.25) is 9.32 Å². The summed E-state index contributed by atoms with van der Waals surface area (Å²) in [5, 5.41) is 19.5. The van der Waals surface area contributed by atoms with E-state index in [1.807, 2.05) is 19.9 Å². The van der Waals surface area contributed by atoms with Gasteiger partial charge in [0.1, 0.15) is 17.8 Å². The van der Waals surface area contributed by atoms with E-state index in [-0.39, 0.29) is 11.6 Å². The van der Waals surface area contributed by atoms with E-state index >= 15 is 0 Å². The molecule has 4 N–H and O–H groups in total. The zero-order chi connectivity index (χ0) is 26.0. The maximum absolute atomic E-state index is 14.6. The number of nitrogens with zero attached hydrogens (tertiary/aromatic N) is 5. The minimum Gasteiger partial charge on any atom is -0.382 e. The zero-order valence-electron chi connectivity index (χ0n) is 19.4. The van der Waals surface area contributed by atoms with Gasteiger partial charge in [0, 0.05) is 29.9 Å². The van der Waals surface area contributed by atoms with Gasteiger partial charge in [-0.05, 0) is 33.8 Å². The highest BCUT2D eigenvalue weighted by Gasteiger charge is 2.37. The van der Waals surface area contributed by atoms with Crippen LogP contribution in [-0.2, 0) is 9.09 Å². The highest BCUT2D eigenvalue weighted by atomic mass is 31.2. The van der Waals surface area contributed by atoms with Crippen molar-refractivity contribution in [1.29, 1.82) is 5.26 Å². The van der Waals surface area contributed by atoms with Gasteiger partial charge in [0.2, 0.25) is 0 Å². The van der Waals surface area contributed by atoms with Gasteiger partial charge in [-0.25, -0.2) is 18.9 Å². The van der Waals surface area contributed by atoms with Crippen molar-refractivity contribution < 1.29 is 28.1 Å². The minimum atomic E-state index is -4.92. The first-order chi connectivity index (χ1) is 16.3. The topological polar surface area (TPSA) is 175 Å². The van der Waals surface area contributed by atoms with Gasteiger partial charge in [0.15, 0.2) is 11.5 Å². The van der Waals surface area contributed by atoms with E-state index in [2.05, 4.69) is 30.2 Å². The van der Waals surface area contributed by atoms with Crippen LogP contribution in [0.5, 0.6) is 0 Å². The molecule has 186 valence electrons. The number of rotatable bonds is 9. The van der Waals surface area contributed by atoms with E-state index in [4.69, 9.17) is 15.0 Å². The van der Waals surface area contributed by atoms with Crippen molar-refractivity contribution in [1.82, 2.24) is 25.1 Å². The Morgan fingerprint density at radius 2 is 2.00 bits per heavy atom. The van der Waals surface area contributed by atoms with E-state index in [9.17, 15) is 13.8 Å². The molecule has 1 amide bonds. The van der Waals surface area contributed by atoms with Crippen molar-refractivity contribution in [2.75, 3.05) is 11.9 Å². The van der Waals surface area contributed by atoms with Gasteiger partial charge in [0.25, 0.3) is 5.91 Å². The summed E-state index contributed by atoms with van der Waals surface area (Å²) in [7, 11) is -4.92. The van der Waals surface area contributed by atoms with Crippen molar-refractivity contribution in [2.24, 2.45) is 0 Å². The van der Waals surface area contributed by atoms with Gasteiger partial charge in [0.05, 0.1) is 29.6 Å². The Labute approximate surface area is 200 Å².